The Bertz CT molecular complexity index is 599. The Balaban J connectivity index is 2.05. The van der Waals surface area contributed by atoms with Crippen LogP contribution in [0.1, 0.15) is 21.5 Å². The van der Waals surface area contributed by atoms with Crippen molar-refractivity contribution in [2.24, 2.45) is 4.99 Å². The molecule has 3 rings (SSSR count). The van der Waals surface area contributed by atoms with E-state index in [9.17, 15) is 4.79 Å². The van der Waals surface area contributed by atoms with Crippen molar-refractivity contribution in [3.63, 3.8) is 0 Å². The van der Waals surface area contributed by atoms with Crippen LogP contribution in [0.3, 0.4) is 0 Å². The van der Waals surface area contributed by atoms with Crippen molar-refractivity contribution in [2.45, 2.75) is 6.42 Å². The normalized spacial score (nSPS) is 14.1. The summed E-state index contributed by atoms with van der Waals surface area (Å²) in [5, 5.41) is 0. The lowest BCUT2D eigenvalue weighted by Gasteiger charge is -2.14. The number of aliphatic imine (C=N–C) groups is 1. The van der Waals surface area contributed by atoms with Gasteiger partial charge < -0.3 is 0 Å². The average molecular weight is 221 g/mol. The zero-order chi connectivity index (χ0) is 11.7. The van der Waals surface area contributed by atoms with Gasteiger partial charge in [0.25, 0.3) is 5.91 Å². The molecular weight excluding hydrogens is 210 g/mol. The van der Waals surface area contributed by atoms with Crippen LogP contribution in [0.2, 0.25) is 0 Å². The Morgan fingerprint density at radius 1 is 0.882 bits per heavy atom. The molecule has 1 amide bonds. The van der Waals surface area contributed by atoms with Crippen molar-refractivity contribution >= 4 is 11.6 Å². The first-order valence-corrected chi connectivity index (χ1v) is 5.60. The van der Waals surface area contributed by atoms with Crippen LogP contribution in [0.5, 0.6) is 0 Å². The van der Waals surface area contributed by atoms with Gasteiger partial charge in [-0.25, -0.2) is 4.99 Å². The summed E-state index contributed by atoms with van der Waals surface area (Å²) in [6, 6.07) is 17.5. The van der Waals surface area contributed by atoms with Crippen LogP contribution >= 0.6 is 0 Å². The first-order valence-electron chi connectivity index (χ1n) is 5.60. The van der Waals surface area contributed by atoms with Gasteiger partial charge in [-0.15, -0.1) is 0 Å². The number of carbonyl (C=O) groups is 1. The monoisotopic (exact) mass is 221 g/mol. The molecule has 2 aromatic rings. The van der Waals surface area contributed by atoms with Crippen molar-refractivity contribution in [1.82, 2.24) is 0 Å². The van der Waals surface area contributed by atoms with E-state index in [0.29, 0.717) is 0 Å². The molecule has 0 atom stereocenters. The summed E-state index contributed by atoms with van der Waals surface area (Å²) in [6.07, 6.45) is 0.728. The van der Waals surface area contributed by atoms with Gasteiger partial charge in [-0.05, 0) is 17.2 Å². The molecule has 2 aromatic carbocycles. The Labute approximate surface area is 99.6 Å². The van der Waals surface area contributed by atoms with Crippen LogP contribution in [-0.4, -0.2) is 11.6 Å². The second-order valence-electron chi connectivity index (χ2n) is 4.06. The summed E-state index contributed by atoms with van der Waals surface area (Å²) in [4.78, 5) is 16.1. The number of benzene rings is 2. The summed E-state index contributed by atoms with van der Waals surface area (Å²) in [7, 11) is 0. The van der Waals surface area contributed by atoms with E-state index in [-0.39, 0.29) is 5.91 Å². The molecule has 82 valence electrons. The van der Waals surface area contributed by atoms with Gasteiger partial charge >= 0.3 is 0 Å². The molecule has 0 fully saturated rings. The molecule has 0 aromatic heterocycles. The number of hydrogen-bond donors (Lipinski definition) is 0. The number of rotatable bonds is 1. The molecule has 0 radical (unpaired) electrons. The summed E-state index contributed by atoms with van der Waals surface area (Å²) in [5.74, 6) is -0.134. The lowest BCUT2D eigenvalue weighted by Crippen LogP contribution is -2.17. The first-order chi connectivity index (χ1) is 8.34. The maximum absolute atomic E-state index is 11.9. The first kappa shape index (κ1) is 9.97. The quantitative estimate of drug-likeness (QED) is 0.728. The summed E-state index contributed by atoms with van der Waals surface area (Å²) >= 11 is 0. The van der Waals surface area contributed by atoms with Crippen molar-refractivity contribution in [3.05, 3.63) is 71.3 Å². The van der Waals surface area contributed by atoms with Crippen molar-refractivity contribution in [3.8, 4) is 0 Å². The highest BCUT2D eigenvalue weighted by Gasteiger charge is 2.19. The largest absolute Gasteiger partial charge is 0.277 e. The average Bonchev–Trinajstić information content (AvgIpc) is 2.40. The SMILES string of the molecule is O=C1N=C(c2ccccc2)Cc2ccccc21. The molecule has 2 nitrogen and oxygen atoms in total. The standard InChI is InChI=1S/C15H11NO/c17-15-13-9-5-4-8-12(13)10-14(16-15)11-6-2-1-3-7-11/h1-9H,10H2. The molecule has 0 spiro atoms. The maximum Gasteiger partial charge on any atom is 0.277 e. The smallest absolute Gasteiger partial charge is 0.267 e. The molecule has 0 aliphatic carbocycles. The molecule has 1 aliphatic heterocycles. The van der Waals surface area contributed by atoms with E-state index in [2.05, 4.69) is 4.99 Å². The summed E-state index contributed by atoms with van der Waals surface area (Å²) in [5.41, 5.74) is 3.67. The Morgan fingerprint density at radius 2 is 1.59 bits per heavy atom. The predicted molar refractivity (Wildman–Crippen MR) is 67.5 cm³/mol. The molecule has 1 aliphatic rings. The van der Waals surface area contributed by atoms with Gasteiger partial charge in [-0.1, -0.05) is 48.5 Å². The van der Waals surface area contributed by atoms with Crippen LogP contribution in [0.15, 0.2) is 59.6 Å². The van der Waals surface area contributed by atoms with E-state index >= 15 is 0 Å². The number of hydrogen-bond acceptors (Lipinski definition) is 1. The summed E-state index contributed by atoms with van der Waals surface area (Å²) in [6.45, 7) is 0. The molecule has 17 heavy (non-hydrogen) atoms. The molecule has 0 N–H and O–H groups in total. The minimum Gasteiger partial charge on any atom is -0.267 e. The molecule has 1 heterocycles. The van der Waals surface area contributed by atoms with Crippen molar-refractivity contribution in [2.75, 3.05) is 0 Å². The fourth-order valence-electron chi connectivity index (χ4n) is 2.08. The fraction of sp³-hybridized carbons (Fsp3) is 0.0667. The van der Waals surface area contributed by atoms with E-state index < -0.39 is 0 Å². The minimum atomic E-state index is -0.134. The number of amides is 1. The lowest BCUT2D eigenvalue weighted by atomic mass is 9.95. The third-order valence-corrected chi connectivity index (χ3v) is 2.95. The lowest BCUT2D eigenvalue weighted by molar-refractivity contribution is 0.1000. The molecule has 2 heteroatoms. The number of fused-ring (bicyclic) bond motifs is 1. The van der Waals surface area contributed by atoms with Gasteiger partial charge in [0.2, 0.25) is 0 Å². The van der Waals surface area contributed by atoms with Crippen molar-refractivity contribution in [1.29, 1.82) is 0 Å². The van der Waals surface area contributed by atoms with Crippen LogP contribution in [0.4, 0.5) is 0 Å². The zero-order valence-corrected chi connectivity index (χ0v) is 9.26. The van der Waals surface area contributed by atoms with Crippen LogP contribution in [-0.2, 0) is 6.42 Å². The minimum absolute atomic E-state index is 0.134. The second-order valence-corrected chi connectivity index (χ2v) is 4.06. The van der Waals surface area contributed by atoms with E-state index in [4.69, 9.17) is 0 Å². The van der Waals surface area contributed by atoms with Gasteiger partial charge in [0, 0.05) is 12.0 Å². The molecule has 0 unspecified atom stereocenters. The third-order valence-electron chi connectivity index (χ3n) is 2.95. The number of nitrogens with zero attached hydrogens (tertiary/aromatic N) is 1. The third kappa shape index (κ3) is 1.78. The highest BCUT2D eigenvalue weighted by molar-refractivity contribution is 6.15. The van der Waals surface area contributed by atoms with Crippen molar-refractivity contribution < 1.29 is 4.79 Å². The zero-order valence-electron chi connectivity index (χ0n) is 9.26. The van der Waals surface area contributed by atoms with Gasteiger partial charge in [0.15, 0.2) is 0 Å². The second kappa shape index (κ2) is 3.98. The van der Waals surface area contributed by atoms with E-state index in [0.717, 1.165) is 28.8 Å². The number of carbonyl (C=O) groups excluding carboxylic acids is 1. The van der Waals surface area contributed by atoms with Crippen LogP contribution in [0.25, 0.3) is 0 Å². The highest BCUT2D eigenvalue weighted by atomic mass is 16.1. The van der Waals surface area contributed by atoms with E-state index in [1.807, 2.05) is 54.6 Å². The Kier molecular flexibility index (Phi) is 2.33. The van der Waals surface area contributed by atoms with Crippen LogP contribution in [0, 0.1) is 0 Å². The fourth-order valence-corrected chi connectivity index (χ4v) is 2.08. The van der Waals surface area contributed by atoms with Gasteiger partial charge in [-0.2, -0.15) is 0 Å². The van der Waals surface area contributed by atoms with Crippen LogP contribution < -0.4 is 0 Å². The van der Waals surface area contributed by atoms with Gasteiger partial charge in [-0.3, -0.25) is 4.79 Å². The maximum atomic E-state index is 11.9. The van der Waals surface area contributed by atoms with Gasteiger partial charge in [0.05, 0.1) is 5.71 Å². The molecular formula is C15H11NO. The molecule has 0 bridgehead atoms. The highest BCUT2D eigenvalue weighted by Crippen LogP contribution is 2.19. The van der Waals surface area contributed by atoms with E-state index in [1.54, 1.807) is 0 Å². The summed E-state index contributed by atoms with van der Waals surface area (Å²) < 4.78 is 0. The molecule has 0 saturated heterocycles. The topological polar surface area (TPSA) is 29.4 Å². The van der Waals surface area contributed by atoms with Gasteiger partial charge in [0.1, 0.15) is 0 Å². The molecule has 0 saturated carbocycles. The Hall–Kier alpha value is -2.22. The Morgan fingerprint density at radius 3 is 2.41 bits per heavy atom. The van der Waals surface area contributed by atoms with E-state index in [1.165, 1.54) is 0 Å². The predicted octanol–water partition coefficient (Wildman–Crippen LogP) is 2.87.